The summed E-state index contributed by atoms with van der Waals surface area (Å²) < 4.78 is 0. The van der Waals surface area contributed by atoms with E-state index < -0.39 is 0 Å². The molecular weight excluding hydrogens is 202 g/mol. The minimum absolute atomic E-state index is 0.275. The number of rotatable bonds is 0. The number of nitrogens with two attached hydrogens (primary N) is 2. The van der Waals surface area contributed by atoms with Crippen LogP contribution in [0.4, 0.5) is 0 Å². The van der Waals surface area contributed by atoms with E-state index in [1.54, 1.807) is 24.4 Å². The number of hydrogen-bond acceptors (Lipinski definition) is 4. The zero-order valence-electron chi connectivity index (χ0n) is 10.9. The highest BCUT2D eigenvalue weighted by atomic mass is 16.3. The second kappa shape index (κ2) is 10.1. The largest absolute Gasteiger partial charge is 0.493 e. The summed E-state index contributed by atoms with van der Waals surface area (Å²) in [5, 5.41) is 10.0. The van der Waals surface area contributed by atoms with Gasteiger partial charge in [0.1, 0.15) is 5.70 Å². The first kappa shape index (κ1) is 17.0. The van der Waals surface area contributed by atoms with E-state index in [1.807, 2.05) is 13.8 Å². The van der Waals surface area contributed by atoms with Crippen LogP contribution in [0.25, 0.3) is 0 Å². The highest BCUT2D eigenvalue weighted by molar-refractivity contribution is 5.27. The Balaban J connectivity index is 0. The average Bonchev–Trinajstić information content (AvgIpc) is 2.20. The van der Waals surface area contributed by atoms with Gasteiger partial charge in [-0.05, 0) is 18.1 Å². The molecule has 5 N–H and O–H groups in total. The molecule has 0 unspecified atom stereocenters. The third-order valence-electron chi connectivity index (χ3n) is 1.15. The van der Waals surface area contributed by atoms with Crippen LogP contribution < -0.4 is 11.6 Å². The van der Waals surface area contributed by atoms with Gasteiger partial charge >= 0.3 is 0 Å². The Labute approximate surface area is 98.9 Å². The van der Waals surface area contributed by atoms with Crippen molar-refractivity contribution in [2.24, 2.45) is 17.5 Å². The molecule has 0 bridgehead atoms. The van der Waals surface area contributed by atoms with E-state index in [0.717, 1.165) is 5.92 Å². The molecule has 0 atom stereocenters. The molecule has 1 aliphatic heterocycles. The van der Waals surface area contributed by atoms with Crippen molar-refractivity contribution in [3.05, 3.63) is 36.0 Å². The van der Waals surface area contributed by atoms with Gasteiger partial charge in [-0.2, -0.15) is 0 Å². The fourth-order valence-electron chi connectivity index (χ4n) is 0.673. The normalized spacial score (nSPS) is 16.1. The lowest BCUT2D eigenvalue weighted by atomic mass is 10.3. The maximum absolute atomic E-state index is 8.80. The van der Waals surface area contributed by atoms with Gasteiger partial charge in [0.2, 0.25) is 5.88 Å². The molecule has 1 aliphatic rings. The Hall–Kier alpha value is -1.42. The molecule has 0 fully saturated rings. The molecule has 4 nitrogen and oxygen atoms in total. The van der Waals surface area contributed by atoms with E-state index in [4.69, 9.17) is 16.7 Å². The maximum Gasteiger partial charge on any atom is 0.207 e. The van der Waals surface area contributed by atoms with Gasteiger partial charge in [-0.1, -0.05) is 40.7 Å². The van der Waals surface area contributed by atoms with Gasteiger partial charge < -0.3 is 10.8 Å². The summed E-state index contributed by atoms with van der Waals surface area (Å²) in [6.45, 7) is 10.5. The Bertz CT molecular complexity index is 248. The predicted molar refractivity (Wildman–Crippen MR) is 70.0 cm³/mol. The van der Waals surface area contributed by atoms with Crippen molar-refractivity contribution in [2.45, 2.75) is 34.6 Å². The number of allylic oxidation sites excluding steroid dienone is 3. The van der Waals surface area contributed by atoms with Gasteiger partial charge in [0.15, 0.2) is 0 Å². The zero-order chi connectivity index (χ0) is 13.1. The van der Waals surface area contributed by atoms with Crippen LogP contribution in [0.2, 0.25) is 0 Å². The molecule has 0 aliphatic carbocycles. The van der Waals surface area contributed by atoms with Crippen LogP contribution in [0.1, 0.15) is 34.6 Å². The standard InChI is InChI=1S/C6H9N3O.C4H10.C2H6/c7-6(10)5-3-1-2-4-9(5)8;1-4(2)3;1-2/h1-4,10H,7-8H2;4H,1-3H3;1-2H3/b6-5+;;. The van der Waals surface area contributed by atoms with Crippen molar-refractivity contribution in [2.75, 3.05) is 0 Å². The van der Waals surface area contributed by atoms with Crippen molar-refractivity contribution in [1.82, 2.24) is 5.01 Å². The molecule has 0 saturated carbocycles. The first-order chi connectivity index (χ1) is 7.45. The molecule has 16 heavy (non-hydrogen) atoms. The van der Waals surface area contributed by atoms with E-state index in [-0.39, 0.29) is 5.88 Å². The summed E-state index contributed by atoms with van der Waals surface area (Å²) in [7, 11) is 0. The average molecular weight is 227 g/mol. The van der Waals surface area contributed by atoms with E-state index in [0.29, 0.717) is 5.70 Å². The minimum atomic E-state index is -0.275. The number of hydrazine groups is 1. The first-order valence-corrected chi connectivity index (χ1v) is 5.52. The lowest BCUT2D eigenvalue weighted by Gasteiger charge is -2.16. The number of aliphatic hydroxyl groups excluding tert-OH is 1. The SMILES string of the molecule is CC.CC(C)C.N/C(O)=C1/C=CC=CN1N. The summed E-state index contributed by atoms with van der Waals surface area (Å²) in [5.74, 6) is 5.94. The van der Waals surface area contributed by atoms with Gasteiger partial charge in [-0.15, -0.1) is 0 Å². The Morgan fingerprint density at radius 1 is 1.25 bits per heavy atom. The maximum atomic E-state index is 8.80. The Kier molecular flexibility index (Phi) is 10.7. The van der Waals surface area contributed by atoms with Crippen molar-refractivity contribution >= 4 is 0 Å². The minimum Gasteiger partial charge on any atom is -0.493 e. The van der Waals surface area contributed by atoms with Crippen LogP contribution in [0.3, 0.4) is 0 Å². The summed E-state index contributed by atoms with van der Waals surface area (Å²) in [6.07, 6.45) is 6.70. The lowest BCUT2D eigenvalue weighted by Crippen LogP contribution is -2.27. The molecule has 0 saturated heterocycles. The number of nitrogens with zero attached hydrogens (tertiary/aromatic N) is 1. The smallest absolute Gasteiger partial charge is 0.207 e. The molecule has 1 rings (SSSR count). The van der Waals surface area contributed by atoms with E-state index in [9.17, 15) is 0 Å². The fraction of sp³-hybridized carbons (Fsp3) is 0.500. The third-order valence-corrected chi connectivity index (χ3v) is 1.15. The third kappa shape index (κ3) is 9.15. The molecule has 0 spiro atoms. The molecule has 4 heteroatoms. The highest BCUT2D eigenvalue weighted by Gasteiger charge is 2.04. The van der Waals surface area contributed by atoms with Crippen molar-refractivity contribution < 1.29 is 5.11 Å². The van der Waals surface area contributed by atoms with Crippen molar-refractivity contribution in [3.63, 3.8) is 0 Å². The topological polar surface area (TPSA) is 75.5 Å². The van der Waals surface area contributed by atoms with Gasteiger partial charge in [-0.25, -0.2) is 5.84 Å². The van der Waals surface area contributed by atoms with Gasteiger partial charge in [0, 0.05) is 6.20 Å². The van der Waals surface area contributed by atoms with E-state index in [1.165, 1.54) is 5.01 Å². The quantitative estimate of drug-likeness (QED) is 0.439. The summed E-state index contributed by atoms with van der Waals surface area (Å²) in [6, 6.07) is 0. The van der Waals surface area contributed by atoms with Gasteiger partial charge in [0.25, 0.3) is 0 Å². The second-order valence-electron chi connectivity index (χ2n) is 3.61. The van der Waals surface area contributed by atoms with Crippen LogP contribution >= 0.6 is 0 Å². The molecular formula is C12H25N3O. The molecule has 0 amide bonds. The fourth-order valence-corrected chi connectivity index (χ4v) is 0.673. The van der Waals surface area contributed by atoms with Gasteiger partial charge in [0.05, 0.1) is 0 Å². The molecule has 1 heterocycles. The first-order valence-electron chi connectivity index (χ1n) is 5.52. The lowest BCUT2D eigenvalue weighted by molar-refractivity contribution is 0.367. The summed E-state index contributed by atoms with van der Waals surface area (Å²) in [5.41, 5.74) is 5.49. The molecule has 94 valence electrons. The highest BCUT2D eigenvalue weighted by Crippen LogP contribution is 2.07. The molecule has 0 aromatic heterocycles. The van der Waals surface area contributed by atoms with Crippen molar-refractivity contribution in [1.29, 1.82) is 0 Å². The molecule has 0 aromatic carbocycles. The van der Waals surface area contributed by atoms with Crippen LogP contribution in [0, 0.1) is 5.92 Å². The van der Waals surface area contributed by atoms with E-state index >= 15 is 0 Å². The van der Waals surface area contributed by atoms with Crippen molar-refractivity contribution in [3.8, 4) is 0 Å². The van der Waals surface area contributed by atoms with Crippen LogP contribution in [-0.2, 0) is 0 Å². The number of hydrogen-bond donors (Lipinski definition) is 3. The molecule has 0 aromatic rings. The van der Waals surface area contributed by atoms with Crippen LogP contribution in [0.5, 0.6) is 0 Å². The van der Waals surface area contributed by atoms with Gasteiger partial charge in [-0.3, -0.25) is 5.01 Å². The Morgan fingerprint density at radius 2 is 1.69 bits per heavy atom. The Morgan fingerprint density at radius 3 is 1.94 bits per heavy atom. The predicted octanol–water partition coefficient (Wildman–Crippen LogP) is 2.62. The zero-order valence-corrected chi connectivity index (χ0v) is 10.9. The summed E-state index contributed by atoms with van der Waals surface area (Å²) >= 11 is 0. The summed E-state index contributed by atoms with van der Waals surface area (Å²) in [4.78, 5) is 0. The monoisotopic (exact) mass is 227 g/mol. The van der Waals surface area contributed by atoms with Crippen LogP contribution in [-0.4, -0.2) is 10.1 Å². The van der Waals surface area contributed by atoms with Crippen LogP contribution in [0.15, 0.2) is 36.0 Å². The number of aliphatic hydroxyl groups is 1. The van der Waals surface area contributed by atoms with E-state index in [2.05, 4.69) is 20.8 Å². The second-order valence-corrected chi connectivity index (χ2v) is 3.61. The molecule has 0 radical (unpaired) electrons.